The van der Waals surface area contributed by atoms with Crippen molar-refractivity contribution >= 4 is 11.5 Å². The summed E-state index contributed by atoms with van der Waals surface area (Å²) in [7, 11) is 0. The number of aliphatic hydroxyl groups excluding tert-OH is 1. The molecule has 1 fully saturated rings. The normalized spacial score (nSPS) is 25.8. The van der Waals surface area contributed by atoms with Crippen molar-refractivity contribution in [3.63, 3.8) is 0 Å². The van der Waals surface area contributed by atoms with E-state index in [2.05, 4.69) is 53.6 Å². The van der Waals surface area contributed by atoms with Crippen molar-refractivity contribution in [3.8, 4) is 0 Å². The highest BCUT2D eigenvalue weighted by Gasteiger charge is 2.30. The van der Waals surface area contributed by atoms with Crippen molar-refractivity contribution in [2.75, 3.05) is 26.2 Å². The van der Waals surface area contributed by atoms with Gasteiger partial charge >= 0.3 is 0 Å². The van der Waals surface area contributed by atoms with Crippen LogP contribution in [0.2, 0.25) is 0 Å². The molecule has 1 saturated heterocycles. The van der Waals surface area contributed by atoms with Gasteiger partial charge in [-0.1, -0.05) is 48.9 Å². The number of nitrogens with one attached hydrogen (secondary N) is 1. The van der Waals surface area contributed by atoms with E-state index < -0.39 is 6.10 Å². The van der Waals surface area contributed by atoms with Gasteiger partial charge in [0.05, 0.1) is 6.10 Å². The molecular formula is C27H33N3O2. The number of nitrogens with zero attached hydrogens (tertiary/aromatic N) is 2. The molecule has 2 aliphatic heterocycles. The number of allylic oxidation sites excluding steroid dienone is 4. The number of piperazine rings is 1. The first-order chi connectivity index (χ1) is 15.6. The van der Waals surface area contributed by atoms with Gasteiger partial charge in [-0.3, -0.25) is 9.69 Å². The molecule has 2 aliphatic carbocycles. The summed E-state index contributed by atoms with van der Waals surface area (Å²) in [6.45, 7) is 7.68. The monoisotopic (exact) mass is 431 g/mol. The van der Waals surface area contributed by atoms with E-state index in [-0.39, 0.29) is 5.91 Å². The highest BCUT2D eigenvalue weighted by molar-refractivity contribution is 5.95. The van der Waals surface area contributed by atoms with Crippen molar-refractivity contribution < 1.29 is 9.90 Å². The molecule has 2 N–H and O–H groups in total. The van der Waals surface area contributed by atoms with Gasteiger partial charge in [0.25, 0.3) is 5.91 Å². The fourth-order valence-corrected chi connectivity index (χ4v) is 5.20. The molecular weight excluding hydrogens is 398 g/mol. The molecule has 5 heteroatoms. The summed E-state index contributed by atoms with van der Waals surface area (Å²) >= 11 is 0. The van der Waals surface area contributed by atoms with Crippen LogP contribution in [-0.2, 0) is 17.9 Å². The highest BCUT2D eigenvalue weighted by atomic mass is 16.3. The molecule has 1 aromatic carbocycles. The van der Waals surface area contributed by atoms with Crippen molar-refractivity contribution in [1.82, 2.24) is 15.1 Å². The zero-order chi connectivity index (χ0) is 22.1. The Balaban J connectivity index is 1.27. The van der Waals surface area contributed by atoms with Gasteiger partial charge < -0.3 is 15.3 Å². The predicted octanol–water partition coefficient (Wildman–Crippen LogP) is 3.17. The number of aliphatic hydroxyl groups is 1. The third kappa shape index (κ3) is 4.25. The van der Waals surface area contributed by atoms with E-state index in [4.69, 9.17) is 0 Å². The quantitative estimate of drug-likeness (QED) is 0.769. The van der Waals surface area contributed by atoms with Crippen LogP contribution in [0, 0.1) is 0 Å². The van der Waals surface area contributed by atoms with Crippen LogP contribution in [0.4, 0.5) is 0 Å². The van der Waals surface area contributed by atoms with Gasteiger partial charge in [-0.15, -0.1) is 0 Å². The number of hydrogen-bond donors (Lipinski definition) is 2. The number of hydrogen-bond acceptors (Lipinski definition) is 4. The van der Waals surface area contributed by atoms with E-state index in [9.17, 15) is 9.90 Å². The molecule has 5 nitrogen and oxygen atoms in total. The zero-order valence-corrected chi connectivity index (χ0v) is 18.9. The Bertz CT molecular complexity index is 1010. The number of benzene rings is 1. The predicted molar refractivity (Wildman–Crippen MR) is 128 cm³/mol. The van der Waals surface area contributed by atoms with Crippen LogP contribution in [0.5, 0.6) is 0 Å². The van der Waals surface area contributed by atoms with Crippen LogP contribution >= 0.6 is 0 Å². The molecule has 0 saturated carbocycles. The number of carbonyl (C=O) groups excluding carboxylic acids is 1. The third-order valence-corrected chi connectivity index (χ3v) is 7.21. The molecule has 32 heavy (non-hydrogen) atoms. The average Bonchev–Trinajstić information content (AvgIpc) is 3.28. The van der Waals surface area contributed by atoms with Crippen LogP contribution in [0.15, 0.2) is 59.7 Å². The topological polar surface area (TPSA) is 55.8 Å². The first-order valence-corrected chi connectivity index (χ1v) is 12.0. The Morgan fingerprint density at radius 2 is 1.94 bits per heavy atom. The second-order valence-corrected chi connectivity index (χ2v) is 9.24. The van der Waals surface area contributed by atoms with E-state index in [1.165, 1.54) is 22.3 Å². The Morgan fingerprint density at radius 3 is 2.69 bits per heavy atom. The minimum Gasteiger partial charge on any atom is -0.388 e. The van der Waals surface area contributed by atoms with E-state index in [0.717, 1.165) is 44.6 Å². The molecule has 1 amide bonds. The van der Waals surface area contributed by atoms with Crippen molar-refractivity contribution in [1.29, 1.82) is 0 Å². The van der Waals surface area contributed by atoms with Gasteiger partial charge in [0.1, 0.15) is 0 Å². The van der Waals surface area contributed by atoms with Gasteiger partial charge in [-0.2, -0.15) is 0 Å². The van der Waals surface area contributed by atoms with Gasteiger partial charge in [0.2, 0.25) is 0 Å². The SMILES string of the molecule is CCC1=CCC(O)C(C(=O)N2Cc3ccc(C4=CCC(N5CCNCC5)C=C4)cc3C2)=C1. The van der Waals surface area contributed by atoms with Gasteiger partial charge in [0.15, 0.2) is 0 Å². The number of carbonyl (C=O) groups is 1. The van der Waals surface area contributed by atoms with Gasteiger partial charge in [-0.05, 0) is 53.7 Å². The molecule has 4 aliphatic rings. The molecule has 2 heterocycles. The average molecular weight is 432 g/mol. The zero-order valence-electron chi connectivity index (χ0n) is 18.9. The minimum absolute atomic E-state index is 0.0371. The van der Waals surface area contributed by atoms with Crippen LogP contribution in [0.25, 0.3) is 5.57 Å². The Labute approximate surface area is 190 Å². The lowest BCUT2D eigenvalue weighted by molar-refractivity contribution is -0.128. The third-order valence-electron chi connectivity index (χ3n) is 7.21. The molecule has 0 bridgehead atoms. The van der Waals surface area contributed by atoms with Crippen LogP contribution < -0.4 is 5.32 Å². The molecule has 0 aromatic heterocycles. The van der Waals surface area contributed by atoms with Crippen molar-refractivity contribution in [3.05, 3.63) is 76.4 Å². The first kappa shape index (κ1) is 21.4. The summed E-state index contributed by atoms with van der Waals surface area (Å²) in [5, 5.41) is 13.8. The van der Waals surface area contributed by atoms with Crippen LogP contribution in [-0.4, -0.2) is 59.1 Å². The van der Waals surface area contributed by atoms with Crippen LogP contribution in [0.1, 0.15) is 42.9 Å². The second kappa shape index (κ2) is 9.18. The molecule has 168 valence electrons. The molecule has 2 atom stereocenters. The summed E-state index contributed by atoms with van der Waals surface area (Å²) in [5.74, 6) is -0.0371. The Kier molecular flexibility index (Phi) is 6.13. The van der Waals surface area contributed by atoms with Gasteiger partial charge in [0, 0.05) is 50.9 Å². The second-order valence-electron chi connectivity index (χ2n) is 9.24. The maximum absolute atomic E-state index is 13.2. The summed E-state index contributed by atoms with van der Waals surface area (Å²) < 4.78 is 0. The van der Waals surface area contributed by atoms with Crippen molar-refractivity contribution in [2.45, 2.75) is 51.4 Å². The van der Waals surface area contributed by atoms with Gasteiger partial charge in [-0.25, -0.2) is 0 Å². The molecule has 5 rings (SSSR count). The Hall–Kier alpha value is -2.47. The summed E-state index contributed by atoms with van der Waals surface area (Å²) in [6.07, 6.45) is 12.6. The van der Waals surface area contributed by atoms with E-state index in [1.54, 1.807) is 0 Å². The number of rotatable bonds is 4. The smallest absolute Gasteiger partial charge is 0.253 e. The maximum atomic E-state index is 13.2. The summed E-state index contributed by atoms with van der Waals surface area (Å²) in [5.41, 5.74) is 6.58. The molecule has 2 unspecified atom stereocenters. The lowest BCUT2D eigenvalue weighted by Gasteiger charge is -2.34. The summed E-state index contributed by atoms with van der Waals surface area (Å²) in [6, 6.07) is 7.09. The largest absolute Gasteiger partial charge is 0.388 e. The Morgan fingerprint density at radius 1 is 1.12 bits per heavy atom. The first-order valence-electron chi connectivity index (χ1n) is 12.0. The minimum atomic E-state index is -0.696. The fourth-order valence-electron chi connectivity index (χ4n) is 5.20. The van der Waals surface area contributed by atoms with Crippen molar-refractivity contribution in [2.24, 2.45) is 0 Å². The maximum Gasteiger partial charge on any atom is 0.253 e. The van der Waals surface area contributed by atoms with E-state index >= 15 is 0 Å². The summed E-state index contributed by atoms with van der Waals surface area (Å²) in [4.78, 5) is 17.6. The van der Waals surface area contributed by atoms with E-state index in [1.807, 2.05) is 17.1 Å². The lowest BCUT2D eigenvalue weighted by Crippen LogP contribution is -2.47. The number of amides is 1. The van der Waals surface area contributed by atoms with E-state index in [0.29, 0.717) is 31.1 Å². The number of fused-ring (bicyclic) bond motifs is 1. The standard InChI is InChI=1S/C27H33N3O2/c1-2-19-3-10-26(31)25(15-19)27(32)30-17-22-5-4-21(16-23(22)18-30)20-6-8-24(9-7-20)29-13-11-28-12-14-29/h3-8,15-16,24,26,28,31H,2,9-14,17-18H2,1H3. The molecule has 0 spiro atoms. The van der Waals surface area contributed by atoms with Crippen LogP contribution in [0.3, 0.4) is 0 Å². The molecule has 1 aromatic rings. The lowest BCUT2D eigenvalue weighted by atomic mass is 9.94. The molecule has 0 radical (unpaired) electrons. The highest BCUT2D eigenvalue weighted by Crippen LogP contribution is 2.31. The fraction of sp³-hybridized carbons (Fsp3) is 0.444.